The van der Waals surface area contributed by atoms with Crippen LogP contribution in [0.3, 0.4) is 0 Å². The first-order valence-electron chi connectivity index (χ1n) is 14.3. The number of ether oxygens (including phenoxy) is 7. The van der Waals surface area contributed by atoms with Crippen LogP contribution < -0.4 is 0 Å². The number of rotatable bonds is 12. The van der Waals surface area contributed by atoms with Crippen molar-refractivity contribution in [3.63, 3.8) is 0 Å². The summed E-state index contributed by atoms with van der Waals surface area (Å²) in [6.07, 6.45) is -2.60. The third-order valence-corrected chi connectivity index (χ3v) is 11.9. The molecule has 0 aromatic rings. The highest BCUT2D eigenvalue weighted by atomic mass is 28.4. The summed E-state index contributed by atoms with van der Waals surface area (Å²) in [6.45, 7) is 26.1. The maximum Gasteiger partial charge on any atom is 0.354 e. The average molecular weight is 588 g/mol. The molecular formula is C29H53NO9Si. The predicted molar refractivity (Wildman–Crippen MR) is 152 cm³/mol. The maximum absolute atomic E-state index is 13.7. The van der Waals surface area contributed by atoms with Crippen LogP contribution in [0.2, 0.25) is 18.1 Å². The molecule has 10 nitrogen and oxygen atoms in total. The van der Waals surface area contributed by atoms with E-state index in [4.69, 9.17) is 37.6 Å². The molecule has 0 aromatic carbocycles. The minimum Gasteiger partial charge on any atom is -0.457 e. The van der Waals surface area contributed by atoms with Crippen molar-refractivity contribution < 1.29 is 42.4 Å². The second-order valence-corrected chi connectivity index (χ2v) is 18.8. The van der Waals surface area contributed by atoms with Crippen LogP contribution in [-0.2, 0) is 42.4 Å². The Labute approximate surface area is 242 Å². The molecule has 40 heavy (non-hydrogen) atoms. The SMILES string of the molecule is CCOCCOC(C#N)(C[C@@H](O[Si](C)(C)C(C)(C)C)[C@H]1OC(C)(C)O[C@@H]1[C@H]1COC(C)(C)O1)C(=O)OC(C)(C)C. The highest BCUT2D eigenvalue weighted by Crippen LogP contribution is 2.43. The number of hydrogen-bond acceptors (Lipinski definition) is 10. The monoisotopic (exact) mass is 587 g/mol. The molecule has 11 heteroatoms. The van der Waals surface area contributed by atoms with Crippen LogP contribution in [0.25, 0.3) is 0 Å². The van der Waals surface area contributed by atoms with Gasteiger partial charge in [0.25, 0.3) is 5.60 Å². The zero-order valence-electron chi connectivity index (χ0n) is 27.0. The Hall–Kier alpha value is -1.10. The molecule has 2 aliphatic rings. The summed E-state index contributed by atoms with van der Waals surface area (Å²) in [4.78, 5) is 13.7. The van der Waals surface area contributed by atoms with E-state index in [1.54, 1.807) is 20.8 Å². The summed E-state index contributed by atoms with van der Waals surface area (Å²) in [5, 5.41) is 10.4. The van der Waals surface area contributed by atoms with Gasteiger partial charge in [0.15, 0.2) is 19.9 Å². The molecule has 0 aliphatic carbocycles. The van der Waals surface area contributed by atoms with Gasteiger partial charge < -0.3 is 37.6 Å². The number of carbonyl (C=O) groups excluding carboxylic acids is 1. The van der Waals surface area contributed by atoms with Gasteiger partial charge >= 0.3 is 5.97 Å². The highest BCUT2D eigenvalue weighted by Gasteiger charge is 2.57. The third-order valence-electron chi connectivity index (χ3n) is 7.36. The minimum absolute atomic E-state index is 0.0260. The Kier molecular flexibility index (Phi) is 11.1. The highest BCUT2D eigenvalue weighted by molar-refractivity contribution is 6.74. The van der Waals surface area contributed by atoms with E-state index < -0.39 is 61.5 Å². The fraction of sp³-hybridized carbons (Fsp3) is 0.931. The van der Waals surface area contributed by atoms with Gasteiger partial charge in [-0.3, -0.25) is 0 Å². The second-order valence-electron chi connectivity index (χ2n) is 14.0. The Balaban J connectivity index is 2.57. The van der Waals surface area contributed by atoms with Crippen molar-refractivity contribution in [3.8, 4) is 6.07 Å². The molecule has 0 aromatic heterocycles. The first kappa shape index (κ1) is 35.1. The Morgan fingerprint density at radius 2 is 1.65 bits per heavy atom. The zero-order valence-corrected chi connectivity index (χ0v) is 28.0. The van der Waals surface area contributed by atoms with Gasteiger partial charge in [-0.1, -0.05) is 20.8 Å². The molecule has 2 fully saturated rings. The lowest BCUT2D eigenvalue weighted by molar-refractivity contribution is -0.185. The molecule has 2 heterocycles. The molecule has 0 bridgehead atoms. The molecule has 0 spiro atoms. The molecule has 2 rings (SSSR count). The zero-order chi connectivity index (χ0) is 30.8. The third kappa shape index (κ3) is 9.20. The standard InChI is InChI=1S/C29H53NO9Si/c1-14-32-15-16-33-29(19-30,24(31)38-25(2,3)4)17-20(39-40(12,13)26(5,6)7)22-23(37-28(10,11)36-22)21-18-34-27(8,9)35-21/h20-23H,14-18H2,1-13H3/t20-,21-,22-,23-,29?/m1/s1. The molecular weight excluding hydrogens is 534 g/mol. The van der Waals surface area contributed by atoms with Crippen molar-refractivity contribution in [1.82, 2.24) is 0 Å². The van der Waals surface area contributed by atoms with Gasteiger partial charge in [-0.25, -0.2) is 4.79 Å². The van der Waals surface area contributed by atoms with E-state index in [2.05, 4.69) is 39.9 Å². The van der Waals surface area contributed by atoms with Crippen LogP contribution >= 0.6 is 0 Å². The molecule has 0 radical (unpaired) electrons. The Morgan fingerprint density at radius 1 is 1.02 bits per heavy atom. The molecule has 1 unspecified atom stereocenters. The first-order valence-corrected chi connectivity index (χ1v) is 17.2. The summed E-state index contributed by atoms with van der Waals surface area (Å²) in [5.41, 5.74) is -2.80. The smallest absolute Gasteiger partial charge is 0.354 e. The van der Waals surface area contributed by atoms with E-state index in [1.165, 1.54) is 0 Å². The van der Waals surface area contributed by atoms with Crippen LogP contribution in [0, 0.1) is 11.3 Å². The van der Waals surface area contributed by atoms with E-state index in [1.807, 2.05) is 34.6 Å². The topological polar surface area (TPSA) is 115 Å². The van der Waals surface area contributed by atoms with Crippen molar-refractivity contribution in [2.75, 3.05) is 26.4 Å². The molecule has 2 aliphatic heterocycles. The van der Waals surface area contributed by atoms with Gasteiger partial charge in [0.1, 0.15) is 30.0 Å². The van der Waals surface area contributed by atoms with Crippen molar-refractivity contribution >= 4 is 14.3 Å². The molecule has 0 amide bonds. The molecule has 5 atom stereocenters. The summed E-state index contributed by atoms with van der Waals surface area (Å²) in [6, 6.07) is 2.14. The predicted octanol–water partition coefficient (Wildman–Crippen LogP) is 5.10. The van der Waals surface area contributed by atoms with E-state index in [0.717, 1.165) is 0 Å². The Bertz CT molecular complexity index is 903. The molecule has 0 N–H and O–H groups in total. The van der Waals surface area contributed by atoms with Gasteiger partial charge in [-0.2, -0.15) is 5.26 Å². The maximum atomic E-state index is 13.7. The van der Waals surface area contributed by atoms with E-state index in [0.29, 0.717) is 13.2 Å². The summed E-state index contributed by atoms with van der Waals surface area (Å²) in [7, 11) is -2.47. The van der Waals surface area contributed by atoms with Crippen LogP contribution in [-0.4, -0.2) is 87.9 Å². The van der Waals surface area contributed by atoms with Crippen LogP contribution in [0.1, 0.15) is 82.6 Å². The van der Waals surface area contributed by atoms with Crippen LogP contribution in [0.4, 0.5) is 0 Å². The minimum atomic E-state index is -2.47. The van der Waals surface area contributed by atoms with Crippen molar-refractivity contribution in [2.45, 2.75) is 148 Å². The summed E-state index contributed by atoms with van der Waals surface area (Å²) >= 11 is 0. The lowest BCUT2D eigenvalue weighted by Crippen LogP contribution is -2.56. The van der Waals surface area contributed by atoms with E-state index in [9.17, 15) is 10.1 Å². The first-order chi connectivity index (χ1) is 18.1. The Morgan fingerprint density at radius 3 is 2.12 bits per heavy atom. The van der Waals surface area contributed by atoms with Gasteiger partial charge in [-0.05, 0) is 73.5 Å². The second kappa shape index (κ2) is 12.6. The quantitative estimate of drug-likeness (QED) is 0.174. The van der Waals surface area contributed by atoms with Crippen molar-refractivity contribution in [1.29, 1.82) is 5.26 Å². The summed E-state index contributed by atoms with van der Waals surface area (Å²) in [5.74, 6) is -2.52. The van der Waals surface area contributed by atoms with Crippen LogP contribution in [0.5, 0.6) is 0 Å². The number of nitrogens with zero attached hydrogens (tertiary/aromatic N) is 1. The van der Waals surface area contributed by atoms with Crippen molar-refractivity contribution in [3.05, 3.63) is 0 Å². The van der Waals surface area contributed by atoms with Gasteiger partial charge in [0, 0.05) is 13.0 Å². The number of esters is 1. The van der Waals surface area contributed by atoms with Crippen LogP contribution in [0.15, 0.2) is 0 Å². The number of nitriles is 1. The molecule has 2 saturated heterocycles. The number of hydrogen-bond donors (Lipinski definition) is 0. The van der Waals surface area contributed by atoms with Crippen molar-refractivity contribution in [2.24, 2.45) is 0 Å². The lowest BCUT2D eigenvalue weighted by atomic mass is 9.91. The van der Waals surface area contributed by atoms with Gasteiger partial charge in [0.05, 0.1) is 25.9 Å². The molecule has 0 saturated carbocycles. The van der Waals surface area contributed by atoms with Gasteiger partial charge in [0.2, 0.25) is 0 Å². The normalized spacial score (nSPS) is 27.1. The number of carbonyl (C=O) groups is 1. The fourth-order valence-electron chi connectivity index (χ4n) is 4.44. The largest absolute Gasteiger partial charge is 0.457 e. The van der Waals surface area contributed by atoms with Gasteiger partial charge in [-0.15, -0.1) is 0 Å². The summed E-state index contributed by atoms with van der Waals surface area (Å²) < 4.78 is 49.0. The fourth-order valence-corrected chi connectivity index (χ4v) is 5.77. The lowest BCUT2D eigenvalue weighted by Gasteiger charge is -2.43. The van der Waals surface area contributed by atoms with E-state index >= 15 is 0 Å². The average Bonchev–Trinajstić information content (AvgIpc) is 3.31. The molecule has 232 valence electrons. The van der Waals surface area contributed by atoms with E-state index in [-0.39, 0.29) is 24.7 Å².